The summed E-state index contributed by atoms with van der Waals surface area (Å²) in [5.74, 6) is 1.55. The average molecular weight is 281 g/mol. The molecule has 0 saturated carbocycles. The fourth-order valence-electron chi connectivity index (χ4n) is 1.82. The Morgan fingerprint density at radius 2 is 1.70 bits per heavy atom. The van der Waals surface area contributed by atoms with Crippen LogP contribution in [0, 0.1) is 0 Å². The lowest BCUT2D eigenvalue weighted by Gasteiger charge is -2.19. The van der Waals surface area contributed by atoms with E-state index in [1.54, 1.807) is 14.2 Å². The number of ether oxygens (including phenoxy) is 3. The third-order valence-corrected chi connectivity index (χ3v) is 2.85. The van der Waals surface area contributed by atoms with E-state index in [0.717, 1.165) is 37.6 Å². The minimum Gasteiger partial charge on any atom is -0.493 e. The van der Waals surface area contributed by atoms with Crippen molar-refractivity contribution in [3.05, 3.63) is 23.8 Å². The van der Waals surface area contributed by atoms with E-state index in [1.165, 1.54) is 5.56 Å². The van der Waals surface area contributed by atoms with E-state index in [4.69, 9.17) is 14.2 Å². The van der Waals surface area contributed by atoms with Crippen LogP contribution >= 0.6 is 0 Å². The van der Waals surface area contributed by atoms with Gasteiger partial charge in [-0.15, -0.1) is 0 Å². The first-order chi connectivity index (χ1) is 9.46. The van der Waals surface area contributed by atoms with Gasteiger partial charge in [-0.3, -0.25) is 0 Å². The number of hydrogen-bond donors (Lipinski definition) is 1. The molecule has 1 aromatic rings. The Hall–Kier alpha value is -1.26. The Labute approximate surface area is 122 Å². The van der Waals surface area contributed by atoms with E-state index in [2.05, 4.69) is 32.2 Å². The highest BCUT2D eigenvalue weighted by Gasteiger charge is 2.08. The number of methoxy groups -OCH3 is 2. The quantitative estimate of drug-likeness (QED) is 0.744. The predicted octanol–water partition coefficient (Wildman–Crippen LogP) is 2.65. The molecule has 0 atom stereocenters. The van der Waals surface area contributed by atoms with E-state index < -0.39 is 0 Å². The van der Waals surface area contributed by atoms with E-state index in [1.807, 2.05) is 12.1 Å². The molecule has 4 nitrogen and oxygen atoms in total. The average Bonchev–Trinajstić information content (AvgIpc) is 2.41. The second-order valence-corrected chi connectivity index (χ2v) is 5.65. The maximum absolute atomic E-state index is 5.65. The van der Waals surface area contributed by atoms with Crippen LogP contribution in [0.1, 0.15) is 26.3 Å². The Kier molecular flexibility index (Phi) is 6.82. The molecule has 1 aromatic carbocycles. The summed E-state index contributed by atoms with van der Waals surface area (Å²) in [6, 6.07) is 6.03. The summed E-state index contributed by atoms with van der Waals surface area (Å²) in [5, 5.41) is 3.38. The third-order valence-electron chi connectivity index (χ3n) is 2.85. The molecule has 0 heterocycles. The Bertz CT molecular complexity index is 399. The fourth-order valence-corrected chi connectivity index (χ4v) is 1.82. The zero-order valence-corrected chi connectivity index (χ0v) is 13.3. The van der Waals surface area contributed by atoms with Crippen molar-refractivity contribution in [1.82, 2.24) is 5.32 Å². The summed E-state index contributed by atoms with van der Waals surface area (Å²) in [5.41, 5.74) is 1.16. The second kappa shape index (κ2) is 8.12. The summed E-state index contributed by atoms with van der Waals surface area (Å²) in [6.45, 7) is 8.72. The van der Waals surface area contributed by atoms with Gasteiger partial charge in [-0.25, -0.2) is 0 Å². The molecule has 0 spiro atoms. The first kappa shape index (κ1) is 16.8. The Balaban J connectivity index is 2.28. The van der Waals surface area contributed by atoms with Crippen molar-refractivity contribution < 1.29 is 14.2 Å². The minimum atomic E-state index is -0.0645. The van der Waals surface area contributed by atoms with Crippen LogP contribution in [0.3, 0.4) is 0 Å². The van der Waals surface area contributed by atoms with Crippen molar-refractivity contribution in [2.75, 3.05) is 33.9 Å². The normalized spacial score (nSPS) is 11.4. The van der Waals surface area contributed by atoms with Crippen LogP contribution in [0.2, 0.25) is 0 Å². The number of benzene rings is 1. The van der Waals surface area contributed by atoms with Crippen molar-refractivity contribution in [3.8, 4) is 11.5 Å². The summed E-state index contributed by atoms with van der Waals surface area (Å²) >= 11 is 0. The van der Waals surface area contributed by atoms with Crippen LogP contribution in [0.15, 0.2) is 18.2 Å². The zero-order valence-electron chi connectivity index (χ0n) is 13.3. The smallest absolute Gasteiger partial charge is 0.160 e. The van der Waals surface area contributed by atoms with Crippen LogP contribution in [0.25, 0.3) is 0 Å². The highest BCUT2D eigenvalue weighted by Crippen LogP contribution is 2.27. The highest BCUT2D eigenvalue weighted by atomic mass is 16.5. The Morgan fingerprint density at radius 1 is 1.00 bits per heavy atom. The van der Waals surface area contributed by atoms with Crippen molar-refractivity contribution in [3.63, 3.8) is 0 Å². The number of nitrogens with one attached hydrogen (secondary N) is 1. The molecule has 20 heavy (non-hydrogen) atoms. The van der Waals surface area contributed by atoms with Crippen molar-refractivity contribution in [2.45, 2.75) is 32.8 Å². The molecule has 0 unspecified atom stereocenters. The van der Waals surface area contributed by atoms with Crippen molar-refractivity contribution in [2.24, 2.45) is 0 Å². The zero-order chi connectivity index (χ0) is 15.0. The van der Waals surface area contributed by atoms with Crippen LogP contribution in [-0.4, -0.2) is 39.5 Å². The van der Waals surface area contributed by atoms with Gasteiger partial charge in [0.25, 0.3) is 0 Å². The van der Waals surface area contributed by atoms with Gasteiger partial charge in [-0.1, -0.05) is 6.07 Å². The second-order valence-electron chi connectivity index (χ2n) is 5.65. The summed E-state index contributed by atoms with van der Waals surface area (Å²) in [7, 11) is 3.30. The van der Waals surface area contributed by atoms with Crippen molar-refractivity contribution >= 4 is 0 Å². The summed E-state index contributed by atoms with van der Waals surface area (Å²) in [4.78, 5) is 0. The monoisotopic (exact) mass is 281 g/mol. The summed E-state index contributed by atoms with van der Waals surface area (Å²) in [6.07, 6.45) is 0.954. The molecule has 0 aliphatic heterocycles. The molecule has 1 N–H and O–H groups in total. The van der Waals surface area contributed by atoms with Crippen LogP contribution in [0.4, 0.5) is 0 Å². The standard InChI is InChI=1S/C16H27NO3/c1-16(2,3)20-11-10-17-9-8-13-6-7-14(18-4)15(12-13)19-5/h6-7,12,17H,8-11H2,1-5H3. The van der Waals surface area contributed by atoms with Gasteiger partial charge in [-0.05, 0) is 51.4 Å². The minimum absolute atomic E-state index is 0.0645. The molecule has 0 aromatic heterocycles. The summed E-state index contributed by atoms with van der Waals surface area (Å²) < 4.78 is 16.2. The number of rotatable bonds is 8. The fraction of sp³-hybridized carbons (Fsp3) is 0.625. The van der Waals surface area contributed by atoms with Crippen LogP contribution < -0.4 is 14.8 Å². The number of hydrogen-bond acceptors (Lipinski definition) is 4. The molecule has 0 saturated heterocycles. The molecule has 0 aliphatic rings. The van der Waals surface area contributed by atoms with Gasteiger partial charge in [0.1, 0.15) is 0 Å². The molecular weight excluding hydrogens is 254 g/mol. The molecule has 4 heteroatoms. The van der Waals surface area contributed by atoms with E-state index >= 15 is 0 Å². The molecular formula is C16H27NO3. The topological polar surface area (TPSA) is 39.7 Å². The lowest BCUT2D eigenvalue weighted by Crippen LogP contribution is -2.27. The van der Waals surface area contributed by atoms with Gasteiger partial charge in [0, 0.05) is 6.54 Å². The largest absolute Gasteiger partial charge is 0.493 e. The third kappa shape index (κ3) is 6.26. The highest BCUT2D eigenvalue weighted by molar-refractivity contribution is 5.42. The van der Waals surface area contributed by atoms with Gasteiger partial charge < -0.3 is 19.5 Å². The van der Waals surface area contributed by atoms with E-state index in [9.17, 15) is 0 Å². The molecule has 0 amide bonds. The molecule has 1 rings (SSSR count). The molecule has 0 radical (unpaired) electrons. The molecule has 0 aliphatic carbocycles. The first-order valence-corrected chi connectivity index (χ1v) is 7.02. The maximum Gasteiger partial charge on any atom is 0.160 e. The van der Waals surface area contributed by atoms with E-state index in [0.29, 0.717) is 0 Å². The van der Waals surface area contributed by atoms with Gasteiger partial charge in [-0.2, -0.15) is 0 Å². The molecule has 0 fully saturated rings. The van der Waals surface area contributed by atoms with E-state index in [-0.39, 0.29) is 5.60 Å². The molecule has 114 valence electrons. The lowest BCUT2D eigenvalue weighted by molar-refractivity contribution is -0.000710. The predicted molar refractivity (Wildman–Crippen MR) is 81.8 cm³/mol. The Morgan fingerprint density at radius 3 is 2.30 bits per heavy atom. The van der Waals surface area contributed by atoms with Gasteiger partial charge in [0.15, 0.2) is 11.5 Å². The van der Waals surface area contributed by atoms with Crippen LogP contribution in [-0.2, 0) is 11.2 Å². The van der Waals surface area contributed by atoms with Gasteiger partial charge in [0.05, 0.1) is 26.4 Å². The van der Waals surface area contributed by atoms with Crippen LogP contribution in [0.5, 0.6) is 11.5 Å². The first-order valence-electron chi connectivity index (χ1n) is 7.02. The SMILES string of the molecule is COc1ccc(CCNCCOC(C)(C)C)cc1OC. The lowest BCUT2D eigenvalue weighted by atomic mass is 10.1. The van der Waals surface area contributed by atoms with Gasteiger partial charge in [0.2, 0.25) is 0 Å². The van der Waals surface area contributed by atoms with Crippen molar-refractivity contribution in [1.29, 1.82) is 0 Å². The van der Waals surface area contributed by atoms with Gasteiger partial charge >= 0.3 is 0 Å². The maximum atomic E-state index is 5.65. The molecule has 0 bridgehead atoms.